The third-order valence-electron chi connectivity index (χ3n) is 2.55. The van der Waals surface area contributed by atoms with Crippen molar-refractivity contribution in [2.24, 2.45) is 5.73 Å². The number of nitrogens with zero attached hydrogens (tertiary/aromatic N) is 2. The van der Waals surface area contributed by atoms with Crippen LogP contribution >= 0.6 is 12.2 Å². The third kappa shape index (κ3) is 2.76. The monoisotopic (exact) mass is 285 g/mol. The summed E-state index contributed by atoms with van der Waals surface area (Å²) >= 11 is 4.81. The third-order valence-corrected chi connectivity index (χ3v) is 2.77. The number of rotatable bonds is 2. The summed E-state index contributed by atoms with van der Waals surface area (Å²) in [6.07, 6.45) is -1.15. The molecule has 0 bridgehead atoms. The van der Waals surface area contributed by atoms with E-state index in [1.807, 2.05) is 6.92 Å². The largest absolute Gasteiger partial charge is 0.416 e. The molecular formula is C12H10F3N3S. The zero-order chi connectivity index (χ0) is 14.2. The van der Waals surface area contributed by atoms with E-state index in [9.17, 15) is 13.2 Å². The lowest BCUT2D eigenvalue weighted by molar-refractivity contribution is -0.137. The van der Waals surface area contributed by atoms with Gasteiger partial charge in [-0.05, 0) is 30.7 Å². The van der Waals surface area contributed by atoms with Gasteiger partial charge in [-0.25, -0.2) is 4.68 Å². The molecule has 2 N–H and O–H groups in total. The van der Waals surface area contributed by atoms with Crippen LogP contribution in [0.4, 0.5) is 13.2 Å². The molecule has 0 radical (unpaired) electrons. The highest BCUT2D eigenvalue weighted by Gasteiger charge is 2.31. The van der Waals surface area contributed by atoms with Crippen LogP contribution in [0, 0.1) is 6.92 Å². The molecule has 0 aliphatic heterocycles. The standard InChI is InChI=1S/C12H10F3N3S/c1-7-5-17-18(6-7)10-3-2-8(12(13,14)15)4-9(10)11(16)19/h2-6H,1H3,(H2,16,19). The maximum atomic E-state index is 12.7. The van der Waals surface area contributed by atoms with Crippen molar-refractivity contribution < 1.29 is 13.2 Å². The Bertz CT molecular complexity index is 631. The predicted octanol–water partition coefficient (Wildman–Crippen LogP) is 2.83. The Morgan fingerprint density at radius 1 is 1.37 bits per heavy atom. The lowest BCUT2D eigenvalue weighted by Gasteiger charge is -2.12. The number of hydrogen-bond acceptors (Lipinski definition) is 2. The lowest BCUT2D eigenvalue weighted by atomic mass is 10.1. The van der Waals surface area contributed by atoms with Gasteiger partial charge < -0.3 is 5.73 Å². The van der Waals surface area contributed by atoms with Crippen LogP contribution in [0.15, 0.2) is 30.6 Å². The average Bonchev–Trinajstić information content (AvgIpc) is 2.73. The van der Waals surface area contributed by atoms with Crippen LogP contribution in [0.2, 0.25) is 0 Å². The van der Waals surface area contributed by atoms with Crippen molar-refractivity contribution in [2.75, 3.05) is 0 Å². The summed E-state index contributed by atoms with van der Waals surface area (Å²) in [6.45, 7) is 1.83. The van der Waals surface area contributed by atoms with E-state index in [0.717, 1.165) is 17.7 Å². The van der Waals surface area contributed by atoms with Crippen molar-refractivity contribution in [3.8, 4) is 5.69 Å². The second-order valence-corrected chi connectivity index (χ2v) is 4.50. The van der Waals surface area contributed by atoms with Crippen LogP contribution in [-0.4, -0.2) is 14.8 Å². The van der Waals surface area contributed by atoms with Gasteiger partial charge in [0.1, 0.15) is 4.99 Å². The molecule has 2 aromatic rings. The minimum absolute atomic E-state index is 0.103. The van der Waals surface area contributed by atoms with E-state index in [4.69, 9.17) is 18.0 Å². The average molecular weight is 285 g/mol. The summed E-state index contributed by atoms with van der Waals surface area (Å²) in [5.74, 6) is 0. The molecule has 3 nitrogen and oxygen atoms in total. The quantitative estimate of drug-likeness (QED) is 0.863. The second kappa shape index (κ2) is 4.65. The van der Waals surface area contributed by atoms with Crippen LogP contribution in [0.25, 0.3) is 5.69 Å². The first kappa shape index (κ1) is 13.5. The highest BCUT2D eigenvalue weighted by atomic mass is 32.1. The molecule has 1 heterocycles. The summed E-state index contributed by atoms with van der Waals surface area (Å²) in [4.78, 5) is -0.103. The molecule has 7 heteroatoms. The molecule has 19 heavy (non-hydrogen) atoms. The zero-order valence-electron chi connectivity index (χ0n) is 9.90. The number of halogens is 3. The number of nitrogens with two attached hydrogens (primary N) is 1. The number of benzene rings is 1. The Hall–Kier alpha value is -1.89. The summed E-state index contributed by atoms with van der Waals surface area (Å²) < 4.78 is 39.4. The highest BCUT2D eigenvalue weighted by Crippen LogP contribution is 2.31. The summed E-state index contributed by atoms with van der Waals surface area (Å²) in [5.41, 5.74) is 6.16. The van der Waals surface area contributed by atoms with Crippen LogP contribution < -0.4 is 5.73 Å². The van der Waals surface area contributed by atoms with Gasteiger partial charge in [0.15, 0.2) is 0 Å². The maximum Gasteiger partial charge on any atom is 0.416 e. The summed E-state index contributed by atoms with van der Waals surface area (Å²) in [6, 6.07) is 3.23. The molecule has 0 aliphatic rings. The van der Waals surface area contributed by atoms with Gasteiger partial charge in [-0.15, -0.1) is 0 Å². The van der Waals surface area contributed by atoms with E-state index in [0.29, 0.717) is 5.69 Å². The van der Waals surface area contributed by atoms with E-state index >= 15 is 0 Å². The normalized spacial score (nSPS) is 11.6. The fourth-order valence-electron chi connectivity index (χ4n) is 1.65. The smallest absolute Gasteiger partial charge is 0.389 e. The maximum absolute atomic E-state index is 12.7. The molecule has 1 aromatic carbocycles. The Kier molecular flexibility index (Phi) is 3.32. The number of hydrogen-bond donors (Lipinski definition) is 1. The van der Waals surface area contributed by atoms with Gasteiger partial charge in [0.25, 0.3) is 0 Å². The number of thiocarbonyl (C=S) groups is 1. The van der Waals surface area contributed by atoms with Crippen molar-refractivity contribution in [1.29, 1.82) is 0 Å². The molecule has 0 spiro atoms. The minimum Gasteiger partial charge on any atom is -0.389 e. The Morgan fingerprint density at radius 3 is 2.53 bits per heavy atom. The topological polar surface area (TPSA) is 43.8 Å². The molecule has 0 aliphatic carbocycles. The summed E-state index contributed by atoms with van der Waals surface area (Å²) in [7, 11) is 0. The molecule has 0 atom stereocenters. The second-order valence-electron chi connectivity index (χ2n) is 4.06. The molecule has 2 rings (SSSR count). The van der Waals surface area contributed by atoms with Crippen molar-refractivity contribution in [3.05, 3.63) is 47.3 Å². The summed E-state index contributed by atoms with van der Waals surface area (Å²) in [5, 5.41) is 4.04. The number of aryl methyl sites for hydroxylation is 1. The van der Waals surface area contributed by atoms with E-state index in [1.165, 1.54) is 10.7 Å². The van der Waals surface area contributed by atoms with E-state index in [-0.39, 0.29) is 10.6 Å². The van der Waals surface area contributed by atoms with E-state index in [1.54, 1.807) is 12.4 Å². The first-order valence-corrected chi connectivity index (χ1v) is 5.72. The number of aromatic nitrogens is 2. The van der Waals surface area contributed by atoms with Gasteiger partial charge in [-0.2, -0.15) is 18.3 Å². The Morgan fingerprint density at radius 2 is 2.05 bits per heavy atom. The molecule has 0 amide bonds. The fraction of sp³-hybridized carbons (Fsp3) is 0.167. The van der Waals surface area contributed by atoms with E-state index < -0.39 is 11.7 Å². The SMILES string of the molecule is Cc1cnn(-c2ccc(C(F)(F)F)cc2C(N)=S)c1. The first-order chi connectivity index (χ1) is 8.79. The van der Waals surface area contributed by atoms with Crippen molar-refractivity contribution in [1.82, 2.24) is 9.78 Å². The lowest BCUT2D eigenvalue weighted by Crippen LogP contribution is -2.16. The molecule has 1 aromatic heterocycles. The van der Waals surface area contributed by atoms with Crippen LogP contribution in [-0.2, 0) is 6.18 Å². The van der Waals surface area contributed by atoms with E-state index in [2.05, 4.69) is 5.10 Å². The molecular weight excluding hydrogens is 275 g/mol. The van der Waals surface area contributed by atoms with Gasteiger partial charge in [0.05, 0.1) is 17.4 Å². The number of alkyl halides is 3. The van der Waals surface area contributed by atoms with Gasteiger partial charge in [0.2, 0.25) is 0 Å². The van der Waals surface area contributed by atoms with Gasteiger partial charge in [0, 0.05) is 11.8 Å². The Balaban J connectivity index is 2.60. The zero-order valence-corrected chi connectivity index (χ0v) is 10.7. The van der Waals surface area contributed by atoms with Crippen LogP contribution in [0.1, 0.15) is 16.7 Å². The highest BCUT2D eigenvalue weighted by molar-refractivity contribution is 7.80. The predicted molar refractivity (Wildman–Crippen MR) is 69.2 cm³/mol. The van der Waals surface area contributed by atoms with Crippen LogP contribution in [0.3, 0.4) is 0 Å². The Labute approximate surface area is 112 Å². The molecule has 0 fully saturated rings. The first-order valence-electron chi connectivity index (χ1n) is 5.32. The van der Waals surface area contributed by atoms with Gasteiger partial charge >= 0.3 is 6.18 Å². The van der Waals surface area contributed by atoms with Gasteiger partial charge in [-0.1, -0.05) is 12.2 Å². The fourth-order valence-corrected chi connectivity index (χ4v) is 1.82. The van der Waals surface area contributed by atoms with Crippen molar-refractivity contribution in [3.63, 3.8) is 0 Å². The van der Waals surface area contributed by atoms with Crippen molar-refractivity contribution >= 4 is 17.2 Å². The molecule has 0 saturated carbocycles. The molecule has 0 saturated heterocycles. The van der Waals surface area contributed by atoms with Crippen molar-refractivity contribution in [2.45, 2.75) is 13.1 Å². The molecule has 0 unspecified atom stereocenters. The molecule has 100 valence electrons. The van der Waals surface area contributed by atoms with Gasteiger partial charge in [-0.3, -0.25) is 0 Å². The minimum atomic E-state index is -4.43. The van der Waals surface area contributed by atoms with Crippen LogP contribution in [0.5, 0.6) is 0 Å².